The molecule has 0 saturated carbocycles. The number of carbonyl (C=O) groups is 4. The maximum absolute atomic E-state index is 13.2. The van der Waals surface area contributed by atoms with Crippen LogP contribution >= 0.6 is 23.5 Å². The Hall–Kier alpha value is -5.79. The van der Waals surface area contributed by atoms with Gasteiger partial charge in [-0.25, -0.2) is 14.6 Å². The summed E-state index contributed by atoms with van der Waals surface area (Å²) in [6.45, 7) is 0. The molecule has 0 aliphatic rings. The number of thioether (sulfide) groups is 2. The number of carboxylic acid groups (broad SMARTS) is 1. The Balaban J connectivity index is 0.000000253. The van der Waals surface area contributed by atoms with Crippen LogP contribution in [-0.4, -0.2) is 77.1 Å². The molecule has 0 aliphatic heterocycles. The van der Waals surface area contributed by atoms with E-state index in [0.717, 1.165) is 33.6 Å². The lowest BCUT2D eigenvalue weighted by molar-refractivity contribution is -0.143. The van der Waals surface area contributed by atoms with Gasteiger partial charge in [-0.15, -0.1) is 0 Å². The number of nitrogens with two attached hydrogens (primary N) is 2. The molecular formula is C42H45N5O6S2. The predicted octanol–water partition coefficient (Wildman–Crippen LogP) is 6.89. The van der Waals surface area contributed by atoms with E-state index in [9.17, 15) is 24.3 Å². The summed E-state index contributed by atoms with van der Waals surface area (Å²) in [7, 11) is 1.32. The number of esters is 1. The molecule has 13 heteroatoms. The fraction of sp³-hybridized carbons (Fsp3) is 0.214. The van der Waals surface area contributed by atoms with Gasteiger partial charge >= 0.3 is 11.9 Å². The standard InChI is InChI=1S/C24H25N3O3S.C18H20N2O3S/c1-30-24(29)21(12-14-31-2)27-23(28)19-11-10-17(18-9-6-13-26-22(18)25)15-20(19)16-7-4-3-5-8-16;1-24-10-9-16(18(22)23)20-17(21)14-8-7-13(19)11-15(14)12-5-3-2-4-6-12/h3-11,13,15,21H,12,14H2,1-2H3,(H2,25,26)(H,27,28);2-8,11,16H,9-10,19H2,1H3,(H,20,21)(H,22,23)/t21-;16-/m00/s1. The Morgan fingerprint density at radius 3 is 1.73 bits per heavy atom. The van der Waals surface area contributed by atoms with Gasteiger partial charge in [-0.1, -0.05) is 66.7 Å². The van der Waals surface area contributed by atoms with Gasteiger partial charge in [0.05, 0.1) is 7.11 Å². The maximum Gasteiger partial charge on any atom is 0.328 e. The molecule has 1 aromatic heterocycles. The van der Waals surface area contributed by atoms with Crippen molar-refractivity contribution in [2.75, 3.05) is 42.6 Å². The summed E-state index contributed by atoms with van der Waals surface area (Å²) in [4.78, 5) is 53.4. The zero-order valence-corrected chi connectivity index (χ0v) is 32.5. The van der Waals surface area contributed by atoms with Crippen LogP contribution in [0.5, 0.6) is 0 Å². The number of carbonyl (C=O) groups excluding carboxylic acids is 3. The van der Waals surface area contributed by atoms with Crippen molar-refractivity contribution >= 4 is 58.8 Å². The van der Waals surface area contributed by atoms with Crippen molar-refractivity contribution in [3.63, 3.8) is 0 Å². The van der Waals surface area contributed by atoms with E-state index in [1.165, 1.54) is 7.11 Å². The van der Waals surface area contributed by atoms with E-state index in [1.54, 1.807) is 54.0 Å². The second kappa shape index (κ2) is 21.2. The quantitative estimate of drug-likeness (QED) is 0.0550. The molecule has 5 rings (SSSR count). The number of aliphatic carboxylic acids is 1. The number of carboxylic acids is 1. The summed E-state index contributed by atoms with van der Waals surface area (Å²) in [5, 5.41) is 14.7. The number of nitrogen functional groups attached to an aromatic ring is 2. The van der Waals surface area contributed by atoms with Crippen molar-refractivity contribution in [3.05, 3.63) is 127 Å². The van der Waals surface area contributed by atoms with Crippen LogP contribution in [0.3, 0.4) is 0 Å². The molecule has 11 nitrogen and oxygen atoms in total. The van der Waals surface area contributed by atoms with E-state index >= 15 is 0 Å². The number of benzene rings is 4. The summed E-state index contributed by atoms with van der Waals surface area (Å²) in [6, 6.07) is 31.6. The second-order valence-corrected chi connectivity index (χ2v) is 14.2. The summed E-state index contributed by atoms with van der Waals surface area (Å²) in [5.41, 5.74) is 18.1. The van der Waals surface area contributed by atoms with Crippen LogP contribution in [0.15, 0.2) is 115 Å². The molecule has 2 amide bonds. The van der Waals surface area contributed by atoms with Crippen LogP contribution in [0.1, 0.15) is 33.6 Å². The summed E-state index contributed by atoms with van der Waals surface area (Å²) in [6.07, 6.45) is 6.35. The first kappa shape index (κ1) is 42.0. The zero-order chi connectivity index (χ0) is 39.7. The number of methoxy groups -OCH3 is 1. The Morgan fingerprint density at radius 1 is 0.673 bits per heavy atom. The third-order valence-electron chi connectivity index (χ3n) is 8.49. The minimum absolute atomic E-state index is 0.332. The number of amides is 2. The largest absolute Gasteiger partial charge is 0.480 e. The van der Waals surface area contributed by atoms with Crippen molar-refractivity contribution in [2.45, 2.75) is 24.9 Å². The monoisotopic (exact) mass is 779 g/mol. The van der Waals surface area contributed by atoms with Gasteiger partial charge in [0.25, 0.3) is 11.8 Å². The van der Waals surface area contributed by atoms with Crippen LogP contribution in [0.4, 0.5) is 11.5 Å². The Bertz CT molecular complexity index is 2070. The molecule has 0 aliphatic carbocycles. The SMILES string of the molecule is COC(=O)[C@H](CCSC)NC(=O)c1ccc(-c2cccnc2N)cc1-c1ccccc1.CSCC[C@H](NC(=O)c1ccc(N)cc1-c1ccccc1)C(=O)O. The first-order valence-corrected chi connectivity index (χ1v) is 20.1. The smallest absolute Gasteiger partial charge is 0.328 e. The molecule has 0 bridgehead atoms. The van der Waals surface area contributed by atoms with Gasteiger partial charge in [0.2, 0.25) is 0 Å². The van der Waals surface area contributed by atoms with Crippen molar-refractivity contribution in [1.29, 1.82) is 0 Å². The molecule has 0 saturated heterocycles. The van der Waals surface area contributed by atoms with E-state index in [2.05, 4.69) is 15.6 Å². The van der Waals surface area contributed by atoms with Gasteiger partial charge in [-0.2, -0.15) is 23.5 Å². The lowest BCUT2D eigenvalue weighted by atomic mass is 9.94. The Morgan fingerprint density at radius 2 is 1.20 bits per heavy atom. The first-order valence-electron chi connectivity index (χ1n) is 17.3. The Labute approximate surface area is 329 Å². The molecule has 5 aromatic rings. The van der Waals surface area contributed by atoms with Gasteiger partial charge in [0.1, 0.15) is 17.9 Å². The van der Waals surface area contributed by atoms with Crippen molar-refractivity contribution in [3.8, 4) is 33.4 Å². The van der Waals surface area contributed by atoms with Crippen molar-refractivity contribution in [2.24, 2.45) is 0 Å². The minimum Gasteiger partial charge on any atom is -0.480 e. The Kier molecular flexibility index (Phi) is 16.2. The molecule has 0 radical (unpaired) electrons. The lowest BCUT2D eigenvalue weighted by Crippen LogP contribution is -2.42. The fourth-order valence-corrected chi connectivity index (χ4v) is 6.58. The van der Waals surface area contributed by atoms with Crippen LogP contribution in [-0.2, 0) is 14.3 Å². The number of ether oxygens (including phenoxy) is 1. The van der Waals surface area contributed by atoms with Gasteiger partial charge < -0.3 is 31.9 Å². The molecule has 1 heterocycles. The number of pyridine rings is 1. The number of rotatable bonds is 15. The molecule has 4 aromatic carbocycles. The third kappa shape index (κ3) is 11.8. The first-order chi connectivity index (χ1) is 26.6. The van der Waals surface area contributed by atoms with Gasteiger partial charge in [-0.3, -0.25) is 9.59 Å². The van der Waals surface area contributed by atoms with Crippen molar-refractivity contribution in [1.82, 2.24) is 15.6 Å². The molecule has 7 N–H and O–H groups in total. The lowest BCUT2D eigenvalue weighted by Gasteiger charge is -2.18. The third-order valence-corrected chi connectivity index (χ3v) is 9.78. The molecule has 55 heavy (non-hydrogen) atoms. The molecule has 0 fully saturated rings. The molecular weight excluding hydrogens is 735 g/mol. The van der Waals surface area contributed by atoms with Crippen LogP contribution in [0, 0.1) is 0 Å². The molecule has 2 atom stereocenters. The highest BCUT2D eigenvalue weighted by atomic mass is 32.2. The minimum atomic E-state index is -1.03. The van der Waals surface area contributed by atoms with Gasteiger partial charge in [0.15, 0.2) is 0 Å². The fourth-order valence-electron chi connectivity index (χ4n) is 5.64. The zero-order valence-electron chi connectivity index (χ0n) is 30.9. The van der Waals surface area contributed by atoms with Crippen LogP contribution in [0.2, 0.25) is 0 Å². The summed E-state index contributed by atoms with van der Waals surface area (Å²) in [5.74, 6) is -0.433. The average Bonchev–Trinajstić information content (AvgIpc) is 3.21. The normalized spacial score (nSPS) is 11.6. The number of anilines is 2. The van der Waals surface area contributed by atoms with E-state index in [-0.39, 0.29) is 5.91 Å². The maximum atomic E-state index is 13.2. The van der Waals surface area contributed by atoms with E-state index in [4.69, 9.17) is 16.2 Å². The van der Waals surface area contributed by atoms with E-state index in [1.807, 2.05) is 97.4 Å². The highest BCUT2D eigenvalue weighted by Gasteiger charge is 2.24. The number of hydrogen-bond donors (Lipinski definition) is 5. The van der Waals surface area contributed by atoms with Crippen LogP contribution in [0.25, 0.3) is 33.4 Å². The van der Waals surface area contributed by atoms with Crippen molar-refractivity contribution < 1.29 is 29.0 Å². The topological polar surface area (TPSA) is 187 Å². The highest BCUT2D eigenvalue weighted by Crippen LogP contribution is 2.32. The number of nitrogens with one attached hydrogen (secondary N) is 2. The second-order valence-electron chi connectivity index (χ2n) is 12.2. The highest BCUT2D eigenvalue weighted by molar-refractivity contribution is 7.98. The van der Waals surface area contributed by atoms with Gasteiger partial charge in [0, 0.05) is 28.6 Å². The molecule has 0 spiro atoms. The van der Waals surface area contributed by atoms with Gasteiger partial charge in [-0.05, 0) is 107 Å². The predicted molar refractivity (Wildman–Crippen MR) is 224 cm³/mol. The summed E-state index contributed by atoms with van der Waals surface area (Å²) < 4.78 is 4.87. The van der Waals surface area contributed by atoms with Crippen LogP contribution < -0.4 is 22.1 Å². The average molecular weight is 780 g/mol. The molecule has 0 unspecified atom stereocenters. The van der Waals surface area contributed by atoms with E-state index in [0.29, 0.717) is 46.8 Å². The number of nitrogens with zero attached hydrogens (tertiary/aromatic N) is 1. The number of hydrogen-bond acceptors (Lipinski definition) is 10. The number of aromatic nitrogens is 1. The van der Waals surface area contributed by atoms with E-state index < -0.39 is 29.9 Å². The molecule has 286 valence electrons. The summed E-state index contributed by atoms with van der Waals surface area (Å²) >= 11 is 3.15.